The van der Waals surface area contributed by atoms with E-state index in [2.05, 4.69) is 19.3 Å². The molecule has 0 aromatic heterocycles. The molecule has 0 radical (unpaired) electrons. The maximum Gasteiger partial charge on any atom is 0.546 e. The number of nitrogens with one attached hydrogen (secondary N) is 1. The fraction of sp³-hybridized carbons (Fsp3) is 0.385. The lowest BCUT2D eigenvalue weighted by molar-refractivity contribution is 0.119. The average Bonchev–Trinajstić information content (AvgIpc) is 2.28. The van der Waals surface area contributed by atoms with Gasteiger partial charge in [-0.1, -0.05) is 26.0 Å². The third kappa shape index (κ3) is 3.64. The second-order valence-corrected chi connectivity index (χ2v) is 5.37. The molecule has 5 heteroatoms. The molecule has 0 spiro atoms. The first-order valence-corrected chi connectivity index (χ1v) is 6.95. The molecule has 0 bridgehead atoms. The molecule has 0 fully saturated rings. The lowest BCUT2D eigenvalue weighted by atomic mass is 9.96. The summed E-state index contributed by atoms with van der Waals surface area (Å²) in [6.07, 6.45) is 1.83. The van der Waals surface area contributed by atoms with Crippen molar-refractivity contribution in [1.82, 2.24) is 5.48 Å². The predicted molar refractivity (Wildman–Crippen MR) is 73.8 cm³/mol. The summed E-state index contributed by atoms with van der Waals surface area (Å²) in [4.78, 5) is 14.2. The Balaban J connectivity index is 3.36. The molecule has 0 amide bonds. The maximum absolute atomic E-state index is 11.4. The first-order chi connectivity index (χ1) is 8.47. The first kappa shape index (κ1) is 14.8. The number of hydrogen-bond acceptors (Lipinski definition) is 3. The van der Waals surface area contributed by atoms with E-state index in [1.807, 2.05) is 25.1 Å². The molecule has 0 aliphatic rings. The molecular formula is C13H19NO3P+. The summed E-state index contributed by atoms with van der Waals surface area (Å²) in [6, 6.07) is 5.46. The average molecular weight is 268 g/mol. The molecule has 4 nitrogen and oxygen atoms in total. The smallest absolute Gasteiger partial charge is 0.280 e. The molecule has 0 saturated heterocycles. The second-order valence-electron chi connectivity index (χ2n) is 4.34. The zero-order chi connectivity index (χ0) is 13.7. The van der Waals surface area contributed by atoms with E-state index in [1.54, 1.807) is 6.07 Å². The third-order valence-electron chi connectivity index (χ3n) is 2.57. The van der Waals surface area contributed by atoms with E-state index < -0.39 is 8.03 Å². The Morgan fingerprint density at radius 1 is 1.50 bits per heavy atom. The standard InChI is InChI=1S/C13H18NO3P/c1-9(2)11-6-5-7-13(18(15)16)12(11)8-10(3)14-17-4/h5-9,14H,1-4H3/p+1. The first-order valence-electron chi connectivity index (χ1n) is 5.73. The normalized spacial score (nSPS) is 12.8. The van der Waals surface area contributed by atoms with Gasteiger partial charge in [0, 0.05) is 11.3 Å². The molecule has 1 unspecified atom stereocenters. The van der Waals surface area contributed by atoms with Gasteiger partial charge in [-0.05, 0) is 35.1 Å². The van der Waals surface area contributed by atoms with Crippen molar-refractivity contribution in [3.05, 3.63) is 35.0 Å². The van der Waals surface area contributed by atoms with Gasteiger partial charge < -0.3 is 0 Å². The highest BCUT2D eigenvalue weighted by atomic mass is 31.1. The highest BCUT2D eigenvalue weighted by Crippen LogP contribution is 2.26. The summed E-state index contributed by atoms with van der Waals surface area (Å²) < 4.78 is 11.4. The van der Waals surface area contributed by atoms with Gasteiger partial charge in [0.15, 0.2) is 0 Å². The fourth-order valence-electron chi connectivity index (χ4n) is 1.80. The summed E-state index contributed by atoms with van der Waals surface area (Å²) in [5.41, 5.74) is 5.33. The van der Waals surface area contributed by atoms with Crippen molar-refractivity contribution in [2.75, 3.05) is 7.11 Å². The van der Waals surface area contributed by atoms with E-state index in [0.717, 1.165) is 16.8 Å². The monoisotopic (exact) mass is 268 g/mol. The molecular weight excluding hydrogens is 249 g/mol. The quantitative estimate of drug-likeness (QED) is 0.636. The fourth-order valence-corrected chi connectivity index (χ4v) is 2.42. The van der Waals surface area contributed by atoms with Crippen LogP contribution < -0.4 is 10.8 Å². The molecule has 1 atom stereocenters. The minimum Gasteiger partial charge on any atom is -0.280 e. The maximum atomic E-state index is 11.4. The van der Waals surface area contributed by atoms with Gasteiger partial charge >= 0.3 is 8.03 Å². The molecule has 0 aliphatic heterocycles. The van der Waals surface area contributed by atoms with Gasteiger partial charge in [-0.15, -0.1) is 0 Å². The molecule has 1 rings (SSSR count). The molecule has 0 saturated carbocycles. The van der Waals surface area contributed by atoms with Crippen molar-refractivity contribution in [3.63, 3.8) is 0 Å². The zero-order valence-electron chi connectivity index (χ0n) is 11.1. The van der Waals surface area contributed by atoms with Crippen LogP contribution in [0.25, 0.3) is 6.08 Å². The highest BCUT2D eigenvalue weighted by molar-refractivity contribution is 7.47. The lowest BCUT2D eigenvalue weighted by Gasteiger charge is -2.10. The van der Waals surface area contributed by atoms with Crippen molar-refractivity contribution in [2.24, 2.45) is 0 Å². The van der Waals surface area contributed by atoms with Crippen LogP contribution in [0.3, 0.4) is 0 Å². The van der Waals surface area contributed by atoms with E-state index in [-0.39, 0.29) is 5.92 Å². The van der Waals surface area contributed by atoms with Gasteiger partial charge in [-0.25, -0.2) is 0 Å². The van der Waals surface area contributed by atoms with E-state index in [4.69, 9.17) is 4.84 Å². The van der Waals surface area contributed by atoms with Crippen LogP contribution in [0.15, 0.2) is 23.9 Å². The van der Waals surface area contributed by atoms with Gasteiger partial charge in [-0.3, -0.25) is 10.3 Å². The van der Waals surface area contributed by atoms with Crippen LogP contribution in [0.2, 0.25) is 0 Å². The summed E-state index contributed by atoms with van der Waals surface area (Å²) in [7, 11) is -0.833. The molecule has 1 aromatic carbocycles. The topological polar surface area (TPSA) is 58.6 Å². The van der Waals surface area contributed by atoms with Crippen LogP contribution in [0.1, 0.15) is 37.8 Å². The minimum atomic E-state index is -2.36. The Bertz CT molecular complexity index is 469. The van der Waals surface area contributed by atoms with Crippen molar-refractivity contribution in [3.8, 4) is 0 Å². The third-order valence-corrected chi connectivity index (χ3v) is 3.37. The van der Waals surface area contributed by atoms with Crippen LogP contribution in [-0.2, 0) is 9.40 Å². The number of allylic oxidation sites excluding steroid dienone is 1. The van der Waals surface area contributed by atoms with Crippen molar-refractivity contribution in [2.45, 2.75) is 26.7 Å². The lowest BCUT2D eigenvalue weighted by Crippen LogP contribution is -2.11. The van der Waals surface area contributed by atoms with Crippen molar-refractivity contribution in [1.29, 1.82) is 0 Å². The predicted octanol–water partition coefficient (Wildman–Crippen LogP) is 2.68. The Morgan fingerprint density at radius 3 is 2.67 bits per heavy atom. The minimum absolute atomic E-state index is 0.279. The second kappa shape index (κ2) is 6.64. The number of hydroxylamine groups is 1. The molecule has 0 heterocycles. The van der Waals surface area contributed by atoms with Crippen molar-refractivity contribution < 1.29 is 14.3 Å². The van der Waals surface area contributed by atoms with Gasteiger partial charge in [-0.2, -0.15) is 4.89 Å². The van der Waals surface area contributed by atoms with Crippen LogP contribution in [0.4, 0.5) is 0 Å². The van der Waals surface area contributed by atoms with Crippen LogP contribution in [-0.4, -0.2) is 12.0 Å². The number of rotatable bonds is 5. The molecule has 18 heavy (non-hydrogen) atoms. The van der Waals surface area contributed by atoms with Crippen molar-refractivity contribution >= 4 is 19.4 Å². The number of hydrogen-bond donors (Lipinski definition) is 2. The number of benzene rings is 1. The zero-order valence-corrected chi connectivity index (χ0v) is 12.0. The highest BCUT2D eigenvalue weighted by Gasteiger charge is 2.23. The van der Waals surface area contributed by atoms with Crippen LogP contribution in [0.5, 0.6) is 0 Å². The van der Waals surface area contributed by atoms with Gasteiger partial charge in [0.1, 0.15) is 0 Å². The molecule has 1 aromatic rings. The summed E-state index contributed by atoms with van der Waals surface area (Å²) in [5, 5.41) is 0.452. The molecule has 98 valence electrons. The van der Waals surface area contributed by atoms with E-state index in [0.29, 0.717) is 5.30 Å². The van der Waals surface area contributed by atoms with Gasteiger partial charge in [0.25, 0.3) is 0 Å². The molecule has 0 aliphatic carbocycles. The summed E-state index contributed by atoms with van der Waals surface area (Å²) >= 11 is 0. The van der Waals surface area contributed by atoms with Gasteiger partial charge in [0.05, 0.1) is 7.11 Å². The van der Waals surface area contributed by atoms with Crippen LogP contribution in [0, 0.1) is 0 Å². The van der Waals surface area contributed by atoms with E-state index in [1.165, 1.54) is 7.11 Å². The van der Waals surface area contributed by atoms with Gasteiger partial charge in [0.2, 0.25) is 5.30 Å². The summed E-state index contributed by atoms with van der Waals surface area (Å²) in [6.45, 7) is 5.95. The Morgan fingerprint density at radius 2 is 2.17 bits per heavy atom. The SMILES string of the molecule is CONC(C)=Cc1c(C(C)C)cccc1[P+](=O)O. The Hall–Kier alpha value is -1.22. The Kier molecular flexibility index (Phi) is 5.48. The van der Waals surface area contributed by atoms with Crippen LogP contribution >= 0.6 is 8.03 Å². The van der Waals surface area contributed by atoms with E-state index >= 15 is 0 Å². The summed E-state index contributed by atoms with van der Waals surface area (Å²) in [5.74, 6) is 0.279. The molecule has 2 N–H and O–H groups in total. The van der Waals surface area contributed by atoms with E-state index in [9.17, 15) is 9.46 Å². The largest absolute Gasteiger partial charge is 0.546 e. The Labute approximate surface area is 108 Å².